The lowest BCUT2D eigenvalue weighted by atomic mass is 10.2. The summed E-state index contributed by atoms with van der Waals surface area (Å²) in [5.41, 5.74) is 0. The van der Waals surface area contributed by atoms with Crippen molar-refractivity contribution in [1.82, 2.24) is 19.9 Å². The summed E-state index contributed by atoms with van der Waals surface area (Å²) in [5, 5.41) is 3.04. The molecular weight excluding hydrogens is 357 g/mol. The molecule has 11 heteroatoms. The minimum atomic E-state index is -4.54. The van der Waals surface area contributed by atoms with Crippen LogP contribution in [0.2, 0.25) is 5.02 Å². The second-order valence-electron chi connectivity index (χ2n) is 5.03. The van der Waals surface area contributed by atoms with Gasteiger partial charge in [-0.3, -0.25) is 9.88 Å². The largest absolute Gasteiger partial charge is 0.405 e. The number of aromatic nitrogens is 1. The highest BCUT2D eigenvalue weighted by atomic mass is 35.5. The second kappa shape index (κ2) is 7.31. The second-order valence-corrected chi connectivity index (χ2v) is 7.24. The minimum Gasteiger partial charge on any atom is -0.314 e. The molecule has 0 radical (unpaired) electrons. The van der Waals surface area contributed by atoms with Gasteiger partial charge in [0.2, 0.25) is 10.0 Å². The van der Waals surface area contributed by atoms with Gasteiger partial charge < -0.3 is 5.32 Å². The van der Waals surface area contributed by atoms with E-state index in [-0.39, 0.29) is 23.0 Å². The van der Waals surface area contributed by atoms with Gasteiger partial charge in [-0.05, 0) is 6.07 Å². The van der Waals surface area contributed by atoms with Gasteiger partial charge in [0.05, 0.1) is 5.02 Å². The van der Waals surface area contributed by atoms with E-state index >= 15 is 0 Å². The van der Waals surface area contributed by atoms with Crippen molar-refractivity contribution < 1.29 is 21.6 Å². The van der Waals surface area contributed by atoms with Crippen LogP contribution in [0.5, 0.6) is 0 Å². The van der Waals surface area contributed by atoms with Crippen LogP contribution < -0.4 is 10.0 Å². The molecule has 2 heterocycles. The first-order chi connectivity index (χ1) is 10.7. The van der Waals surface area contributed by atoms with E-state index < -0.39 is 28.8 Å². The molecule has 0 amide bonds. The Labute approximate surface area is 137 Å². The number of hydrogen-bond acceptors (Lipinski definition) is 5. The summed E-state index contributed by atoms with van der Waals surface area (Å²) < 4.78 is 65.8. The van der Waals surface area contributed by atoms with E-state index in [1.807, 2.05) is 4.72 Å². The molecule has 0 spiro atoms. The Balaban J connectivity index is 2.11. The molecule has 1 unspecified atom stereocenters. The molecule has 2 rings (SSSR count). The fourth-order valence-electron chi connectivity index (χ4n) is 2.26. The molecule has 1 aliphatic heterocycles. The fourth-order valence-corrected chi connectivity index (χ4v) is 3.52. The Hall–Kier alpha value is -0.940. The number of halogens is 4. The third-order valence-corrected chi connectivity index (χ3v) is 5.02. The van der Waals surface area contributed by atoms with E-state index in [1.165, 1.54) is 11.1 Å². The van der Waals surface area contributed by atoms with E-state index in [2.05, 4.69) is 10.3 Å². The first-order valence-electron chi connectivity index (χ1n) is 6.82. The standard InChI is InChI=1S/C12H16ClF3N4O2S/c13-9-5-10(7-18-6-9)23(21,22)19-8-11(12(14,15)16)20-3-1-17-2-4-20/h5-7,11,17,19H,1-4,8H2. The van der Waals surface area contributed by atoms with Gasteiger partial charge in [-0.2, -0.15) is 13.2 Å². The van der Waals surface area contributed by atoms with Crippen LogP contribution in [0.3, 0.4) is 0 Å². The molecule has 1 aliphatic rings. The number of rotatable bonds is 5. The number of alkyl halides is 3. The van der Waals surface area contributed by atoms with Crippen LogP contribution in [0, 0.1) is 0 Å². The smallest absolute Gasteiger partial charge is 0.314 e. The first kappa shape index (κ1) is 18.4. The summed E-state index contributed by atoms with van der Waals surface area (Å²) in [6.45, 7) is 0.489. The Bertz CT molecular complexity index is 635. The third kappa shape index (κ3) is 5.01. The Morgan fingerprint density at radius 2 is 2.00 bits per heavy atom. The van der Waals surface area contributed by atoms with Crippen molar-refractivity contribution in [2.24, 2.45) is 0 Å². The quantitative estimate of drug-likeness (QED) is 0.801. The van der Waals surface area contributed by atoms with Crippen molar-refractivity contribution in [3.8, 4) is 0 Å². The fraction of sp³-hybridized carbons (Fsp3) is 0.583. The molecule has 130 valence electrons. The summed E-state index contributed by atoms with van der Waals surface area (Å²) in [4.78, 5) is 4.57. The van der Waals surface area contributed by atoms with E-state index in [9.17, 15) is 21.6 Å². The van der Waals surface area contributed by atoms with Crippen molar-refractivity contribution in [2.75, 3.05) is 32.7 Å². The summed E-state index contributed by atoms with van der Waals surface area (Å²) in [6.07, 6.45) is -2.27. The van der Waals surface area contributed by atoms with Crippen molar-refractivity contribution in [2.45, 2.75) is 17.1 Å². The van der Waals surface area contributed by atoms with Gasteiger partial charge >= 0.3 is 6.18 Å². The van der Waals surface area contributed by atoms with Gasteiger partial charge in [-0.15, -0.1) is 0 Å². The van der Waals surface area contributed by atoms with Gasteiger partial charge in [0.15, 0.2) is 0 Å². The van der Waals surface area contributed by atoms with E-state index in [4.69, 9.17) is 11.6 Å². The molecule has 1 aromatic rings. The van der Waals surface area contributed by atoms with E-state index in [0.717, 1.165) is 12.3 Å². The monoisotopic (exact) mass is 372 g/mol. The molecule has 0 bridgehead atoms. The van der Waals surface area contributed by atoms with Gasteiger partial charge in [0.1, 0.15) is 10.9 Å². The maximum atomic E-state index is 13.2. The lowest BCUT2D eigenvalue weighted by molar-refractivity contribution is -0.182. The normalized spacial score (nSPS) is 18.8. The zero-order valence-electron chi connectivity index (χ0n) is 12.0. The molecular formula is C12H16ClF3N4O2S. The molecule has 1 saturated heterocycles. The van der Waals surface area contributed by atoms with E-state index in [0.29, 0.717) is 13.1 Å². The predicted molar refractivity (Wildman–Crippen MR) is 78.7 cm³/mol. The number of hydrogen-bond donors (Lipinski definition) is 2. The van der Waals surface area contributed by atoms with Crippen LogP contribution in [0.25, 0.3) is 0 Å². The molecule has 23 heavy (non-hydrogen) atoms. The van der Waals surface area contributed by atoms with Gasteiger partial charge in [0.25, 0.3) is 0 Å². The molecule has 0 aromatic carbocycles. The average Bonchev–Trinajstić information content (AvgIpc) is 2.47. The highest BCUT2D eigenvalue weighted by molar-refractivity contribution is 7.89. The van der Waals surface area contributed by atoms with Gasteiger partial charge in [-0.1, -0.05) is 11.6 Å². The van der Waals surface area contributed by atoms with Crippen molar-refractivity contribution in [3.05, 3.63) is 23.5 Å². The number of pyridine rings is 1. The molecule has 1 fully saturated rings. The zero-order chi connectivity index (χ0) is 17.1. The maximum absolute atomic E-state index is 13.2. The number of nitrogens with zero attached hydrogens (tertiary/aromatic N) is 2. The molecule has 1 aromatic heterocycles. The molecule has 2 N–H and O–H groups in total. The summed E-state index contributed by atoms with van der Waals surface area (Å²) in [6, 6.07) is -0.754. The number of piperazine rings is 1. The average molecular weight is 373 g/mol. The summed E-state index contributed by atoms with van der Waals surface area (Å²) in [5.74, 6) is 0. The topological polar surface area (TPSA) is 74.3 Å². The summed E-state index contributed by atoms with van der Waals surface area (Å²) in [7, 11) is -4.12. The molecule has 6 nitrogen and oxygen atoms in total. The molecule has 0 aliphatic carbocycles. The Morgan fingerprint density at radius 3 is 2.57 bits per heavy atom. The zero-order valence-corrected chi connectivity index (χ0v) is 13.5. The Morgan fingerprint density at radius 1 is 1.35 bits per heavy atom. The first-order valence-corrected chi connectivity index (χ1v) is 8.68. The maximum Gasteiger partial charge on any atom is 0.405 e. The molecule has 1 atom stereocenters. The number of nitrogens with one attached hydrogen (secondary N) is 2. The Kier molecular flexibility index (Phi) is 5.84. The highest BCUT2D eigenvalue weighted by Gasteiger charge is 2.44. The SMILES string of the molecule is O=S(=O)(NCC(N1CCNCC1)C(F)(F)F)c1cncc(Cl)c1. The van der Waals surface area contributed by atoms with Gasteiger partial charge in [-0.25, -0.2) is 13.1 Å². The van der Waals surface area contributed by atoms with Crippen LogP contribution >= 0.6 is 11.6 Å². The highest BCUT2D eigenvalue weighted by Crippen LogP contribution is 2.25. The third-order valence-electron chi connectivity index (χ3n) is 3.43. The van der Waals surface area contributed by atoms with Crippen LogP contribution in [0.4, 0.5) is 13.2 Å². The van der Waals surface area contributed by atoms with Crippen molar-refractivity contribution in [3.63, 3.8) is 0 Å². The lowest BCUT2D eigenvalue weighted by Gasteiger charge is -2.35. The lowest BCUT2D eigenvalue weighted by Crippen LogP contribution is -2.57. The summed E-state index contributed by atoms with van der Waals surface area (Å²) >= 11 is 5.66. The van der Waals surface area contributed by atoms with Crippen LogP contribution in [0.15, 0.2) is 23.4 Å². The molecule has 0 saturated carbocycles. The number of sulfonamides is 1. The van der Waals surface area contributed by atoms with Crippen LogP contribution in [0.1, 0.15) is 0 Å². The van der Waals surface area contributed by atoms with Crippen LogP contribution in [-0.4, -0.2) is 63.2 Å². The van der Waals surface area contributed by atoms with Crippen molar-refractivity contribution >= 4 is 21.6 Å². The van der Waals surface area contributed by atoms with E-state index in [1.54, 1.807) is 0 Å². The van der Waals surface area contributed by atoms with Gasteiger partial charge in [0, 0.05) is 45.1 Å². The predicted octanol–water partition coefficient (Wildman–Crippen LogP) is 0.849. The van der Waals surface area contributed by atoms with Crippen molar-refractivity contribution in [1.29, 1.82) is 0 Å². The van der Waals surface area contributed by atoms with Crippen LogP contribution in [-0.2, 0) is 10.0 Å². The minimum absolute atomic E-state index is 0.0855.